The van der Waals surface area contributed by atoms with E-state index in [1.807, 2.05) is 109 Å². The van der Waals surface area contributed by atoms with Crippen molar-refractivity contribution < 1.29 is 33.8 Å². The van der Waals surface area contributed by atoms with Gasteiger partial charge in [-0.25, -0.2) is 4.79 Å². The molecule has 10 nitrogen and oxygen atoms in total. The maximum absolute atomic E-state index is 13.8. The first-order chi connectivity index (χ1) is 25.3. The Hall–Kier alpha value is -5.39. The van der Waals surface area contributed by atoms with Gasteiger partial charge in [0, 0.05) is 18.1 Å². The average Bonchev–Trinajstić information content (AvgIpc) is 3.48. The summed E-state index contributed by atoms with van der Waals surface area (Å²) in [4.78, 5) is 53.0. The van der Waals surface area contributed by atoms with E-state index < -0.39 is 48.1 Å². The van der Waals surface area contributed by atoms with E-state index in [1.165, 1.54) is 6.08 Å². The van der Waals surface area contributed by atoms with Gasteiger partial charge in [0.15, 0.2) is 0 Å². The zero-order chi connectivity index (χ0) is 36.9. The lowest BCUT2D eigenvalue weighted by molar-refractivity contribution is -0.145. The predicted octanol–water partition coefficient (Wildman–Crippen LogP) is 4.76. The Bertz CT molecular complexity index is 1790. The van der Waals surface area contributed by atoms with Gasteiger partial charge in [-0.05, 0) is 39.8 Å². The van der Waals surface area contributed by atoms with E-state index in [2.05, 4.69) is 35.2 Å². The Kier molecular flexibility index (Phi) is 13.6. The molecule has 1 aliphatic carbocycles. The molecule has 11 heteroatoms. The van der Waals surface area contributed by atoms with Crippen molar-refractivity contribution in [1.82, 2.24) is 16.0 Å². The lowest BCUT2D eigenvalue weighted by atomic mass is 9.98. The molecule has 4 aromatic rings. The fourth-order valence-electron chi connectivity index (χ4n) is 6.27. The van der Waals surface area contributed by atoms with E-state index in [0.29, 0.717) is 0 Å². The number of carbonyl (C=O) groups excluding carboxylic acids is 4. The highest BCUT2D eigenvalue weighted by Gasteiger charge is 2.32. The maximum atomic E-state index is 13.8. The minimum absolute atomic E-state index is 0.0107. The van der Waals surface area contributed by atoms with E-state index in [9.17, 15) is 24.3 Å². The lowest BCUT2D eigenvalue weighted by Gasteiger charge is -2.27. The van der Waals surface area contributed by atoms with Crippen LogP contribution in [0.3, 0.4) is 0 Å². The van der Waals surface area contributed by atoms with Gasteiger partial charge < -0.3 is 30.5 Å². The molecule has 0 spiro atoms. The van der Waals surface area contributed by atoms with Gasteiger partial charge in [-0.1, -0.05) is 122 Å². The van der Waals surface area contributed by atoms with Crippen LogP contribution >= 0.6 is 12.6 Å². The van der Waals surface area contributed by atoms with E-state index in [1.54, 1.807) is 0 Å². The van der Waals surface area contributed by atoms with E-state index in [0.717, 1.165) is 33.4 Å². The standard InChI is InChI=1S/C41H43N3O7S/c1-2-21-50-38(46)24-37(45)34(22-27-13-5-3-6-14-27)42-40(48)36(26-52)43-39(47)35(23-28-15-7-4-8-16-28)44-41(49)51-25-33-31-19-11-9-17-29(31)30-18-10-12-20-32(30)33/h2-20,33-37,45,52H,1,21-26H2,(H,42,48)(H,43,47)(H,44,49)/t34-,35-,36-,37+/m1/s1. The monoisotopic (exact) mass is 721 g/mol. The third-order valence-electron chi connectivity index (χ3n) is 8.88. The first kappa shape index (κ1) is 37.9. The molecule has 4 aromatic carbocycles. The largest absolute Gasteiger partial charge is 0.461 e. The van der Waals surface area contributed by atoms with Gasteiger partial charge in [-0.15, -0.1) is 0 Å². The third kappa shape index (κ3) is 10.1. The molecule has 0 saturated heterocycles. The number of hydrogen-bond donors (Lipinski definition) is 5. The van der Waals surface area contributed by atoms with E-state index in [4.69, 9.17) is 9.47 Å². The number of carbonyl (C=O) groups is 4. The maximum Gasteiger partial charge on any atom is 0.407 e. The zero-order valence-corrected chi connectivity index (χ0v) is 29.5. The number of nitrogens with one attached hydrogen (secondary N) is 3. The highest BCUT2D eigenvalue weighted by molar-refractivity contribution is 7.80. The summed E-state index contributed by atoms with van der Waals surface area (Å²) in [6, 6.07) is 31.2. The van der Waals surface area contributed by atoms with Crippen molar-refractivity contribution in [2.75, 3.05) is 19.0 Å². The van der Waals surface area contributed by atoms with Crippen molar-refractivity contribution in [3.8, 4) is 11.1 Å². The number of hydrogen-bond acceptors (Lipinski definition) is 8. The van der Waals surface area contributed by atoms with Gasteiger partial charge >= 0.3 is 12.1 Å². The highest BCUT2D eigenvalue weighted by atomic mass is 32.1. The van der Waals surface area contributed by atoms with Crippen LogP contribution in [0.5, 0.6) is 0 Å². The second-order valence-electron chi connectivity index (χ2n) is 12.5. The Morgan fingerprint density at radius 3 is 1.83 bits per heavy atom. The molecular weight excluding hydrogens is 679 g/mol. The number of aliphatic hydroxyl groups is 1. The second kappa shape index (κ2) is 18.7. The molecule has 270 valence electrons. The molecular formula is C41H43N3O7S. The van der Waals surface area contributed by atoms with Gasteiger partial charge in [0.05, 0.1) is 18.6 Å². The van der Waals surface area contributed by atoms with Crippen LogP contribution in [0, 0.1) is 0 Å². The highest BCUT2D eigenvalue weighted by Crippen LogP contribution is 2.44. The summed E-state index contributed by atoms with van der Waals surface area (Å²) >= 11 is 4.33. The fourth-order valence-corrected chi connectivity index (χ4v) is 6.52. The van der Waals surface area contributed by atoms with Crippen LogP contribution in [0.15, 0.2) is 122 Å². The predicted molar refractivity (Wildman–Crippen MR) is 202 cm³/mol. The Labute approximate surface area is 309 Å². The first-order valence-corrected chi connectivity index (χ1v) is 17.8. The number of amides is 3. The molecule has 52 heavy (non-hydrogen) atoms. The third-order valence-corrected chi connectivity index (χ3v) is 9.24. The Morgan fingerprint density at radius 1 is 0.712 bits per heavy atom. The first-order valence-electron chi connectivity index (χ1n) is 17.1. The number of fused-ring (bicyclic) bond motifs is 3. The molecule has 0 heterocycles. The summed E-state index contributed by atoms with van der Waals surface area (Å²) in [6.07, 6.45) is -0.693. The second-order valence-corrected chi connectivity index (χ2v) is 12.9. The number of aliphatic hydroxyl groups excluding tert-OH is 1. The topological polar surface area (TPSA) is 143 Å². The molecule has 3 amide bonds. The normalized spacial score (nSPS) is 14.0. The quantitative estimate of drug-likeness (QED) is 0.0602. The molecule has 1 aliphatic rings. The van der Waals surface area contributed by atoms with Gasteiger partial charge in [0.25, 0.3) is 0 Å². The summed E-state index contributed by atoms with van der Waals surface area (Å²) in [5.41, 5.74) is 5.89. The molecule has 0 aromatic heterocycles. The van der Waals surface area contributed by atoms with Crippen molar-refractivity contribution in [1.29, 1.82) is 0 Å². The number of esters is 1. The van der Waals surface area contributed by atoms with Crippen LogP contribution in [-0.4, -0.2) is 72.2 Å². The molecule has 0 aliphatic heterocycles. The summed E-state index contributed by atoms with van der Waals surface area (Å²) in [5, 5.41) is 19.2. The van der Waals surface area contributed by atoms with Crippen LogP contribution in [0.4, 0.5) is 4.79 Å². The Morgan fingerprint density at radius 2 is 1.25 bits per heavy atom. The van der Waals surface area contributed by atoms with Crippen LogP contribution in [-0.2, 0) is 36.7 Å². The van der Waals surface area contributed by atoms with Crippen molar-refractivity contribution in [2.24, 2.45) is 0 Å². The van der Waals surface area contributed by atoms with Gasteiger partial charge in [0.1, 0.15) is 25.3 Å². The van der Waals surface area contributed by atoms with Gasteiger partial charge in [-0.3, -0.25) is 14.4 Å². The number of thiol groups is 1. The molecule has 0 saturated carbocycles. The summed E-state index contributed by atoms with van der Waals surface area (Å²) in [6.45, 7) is 3.57. The number of rotatable bonds is 17. The molecule has 0 fully saturated rings. The molecule has 5 rings (SSSR count). The summed E-state index contributed by atoms with van der Waals surface area (Å²) in [5.74, 6) is -2.15. The molecule has 0 bridgehead atoms. The molecule has 4 N–H and O–H groups in total. The summed E-state index contributed by atoms with van der Waals surface area (Å²) in [7, 11) is 0. The number of ether oxygens (including phenoxy) is 2. The van der Waals surface area contributed by atoms with Crippen molar-refractivity contribution in [2.45, 2.75) is 49.4 Å². The summed E-state index contributed by atoms with van der Waals surface area (Å²) < 4.78 is 10.8. The van der Waals surface area contributed by atoms with Crippen LogP contribution in [0.2, 0.25) is 0 Å². The molecule has 4 atom stereocenters. The average molecular weight is 722 g/mol. The van der Waals surface area contributed by atoms with Crippen molar-refractivity contribution >= 4 is 36.5 Å². The SMILES string of the molecule is C=CCOC(=O)C[C@H](O)[C@@H](Cc1ccccc1)NC(=O)[C@@H](CS)NC(=O)[C@@H](Cc1ccccc1)NC(=O)OCC1c2ccccc2-c2ccccc21. The Balaban J connectivity index is 1.26. The van der Waals surface area contributed by atoms with Gasteiger partial charge in [-0.2, -0.15) is 12.6 Å². The number of benzene rings is 4. The fraction of sp³-hybridized carbons (Fsp3) is 0.268. The van der Waals surface area contributed by atoms with Crippen LogP contribution in [0.1, 0.15) is 34.6 Å². The van der Waals surface area contributed by atoms with Gasteiger partial charge in [0.2, 0.25) is 11.8 Å². The number of alkyl carbamates (subject to hydrolysis) is 1. The van der Waals surface area contributed by atoms with E-state index >= 15 is 0 Å². The van der Waals surface area contributed by atoms with E-state index in [-0.39, 0.29) is 44.1 Å². The molecule has 0 unspecified atom stereocenters. The smallest absolute Gasteiger partial charge is 0.407 e. The van der Waals surface area contributed by atoms with Crippen LogP contribution < -0.4 is 16.0 Å². The van der Waals surface area contributed by atoms with Crippen LogP contribution in [0.25, 0.3) is 11.1 Å². The molecule has 0 radical (unpaired) electrons. The van der Waals surface area contributed by atoms with Crippen molar-refractivity contribution in [3.05, 3.63) is 144 Å². The zero-order valence-electron chi connectivity index (χ0n) is 28.7. The van der Waals surface area contributed by atoms with Crippen molar-refractivity contribution in [3.63, 3.8) is 0 Å². The lowest BCUT2D eigenvalue weighted by Crippen LogP contribution is -2.57. The minimum atomic E-state index is -1.29. The minimum Gasteiger partial charge on any atom is -0.461 e.